The van der Waals surface area contributed by atoms with Gasteiger partial charge in [0.2, 0.25) is 0 Å². The van der Waals surface area contributed by atoms with E-state index < -0.39 is 0 Å². The summed E-state index contributed by atoms with van der Waals surface area (Å²) in [4.78, 5) is 4.05. The van der Waals surface area contributed by atoms with Crippen LogP contribution in [0.25, 0.3) is 0 Å². The van der Waals surface area contributed by atoms with Crippen LogP contribution >= 0.6 is 11.6 Å². The molecule has 16 heavy (non-hydrogen) atoms. The van der Waals surface area contributed by atoms with Crippen molar-refractivity contribution in [3.8, 4) is 0 Å². The van der Waals surface area contributed by atoms with Crippen molar-refractivity contribution in [3.63, 3.8) is 0 Å². The Balaban J connectivity index is 2.39. The summed E-state index contributed by atoms with van der Waals surface area (Å²) in [5.41, 5.74) is 1.15. The Morgan fingerprint density at radius 2 is 2.25 bits per heavy atom. The second kappa shape index (κ2) is 6.66. The quantitative estimate of drug-likeness (QED) is 0.607. The lowest BCUT2D eigenvalue weighted by Gasteiger charge is -2.20. The predicted molar refractivity (Wildman–Crippen MR) is 69.5 cm³/mol. The molecule has 3 heteroatoms. The third-order valence-electron chi connectivity index (χ3n) is 2.81. The number of halogens is 1. The maximum absolute atomic E-state index is 5.72. The van der Waals surface area contributed by atoms with E-state index >= 15 is 0 Å². The van der Waals surface area contributed by atoms with Crippen LogP contribution < -0.4 is 5.32 Å². The van der Waals surface area contributed by atoms with Gasteiger partial charge in [-0.05, 0) is 30.9 Å². The molecule has 0 amide bonds. The summed E-state index contributed by atoms with van der Waals surface area (Å²) in [7, 11) is 0. The first-order valence-electron chi connectivity index (χ1n) is 5.58. The van der Waals surface area contributed by atoms with Crippen LogP contribution in [0.1, 0.15) is 25.8 Å². The van der Waals surface area contributed by atoms with Crippen LogP contribution in [0.4, 0.5) is 0 Å². The Morgan fingerprint density at radius 1 is 1.50 bits per heavy atom. The first-order chi connectivity index (χ1) is 7.63. The first-order valence-corrected chi connectivity index (χ1v) is 5.96. The molecule has 0 bridgehead atoms. The van der Waals surface area contributed by atoms with Crippen LogP contribution in [-0.4, -0.2) is 11.0 Å². The minimum atomic E-state index is 0.466. The van der Waals surface area contributed by atoms with Gasteiger partial charge in [0.1, 0.15) is 5.15 Å². The highest BCUT2D eigenvalue weighted by atomic mass is 35.5. The Hall–Kier alpha value is -0.860. The van der Waals surface area contributed by atoms with E-state index in [1.54, 1.807) is 6.20 Å². The van der Waals surface area contributed by atoms with Gasteiger partial charge in [0.05, 0.1) is 0 Å². The van der Waals surface area contributed by atoms with Crippen LogP contribution in [0.3, 0.4) is 0 Å². The van der Waals surface area contributed by atoms with Crippen molar-refractivity contribution in [2.75, 3.05) is 0 Å². The minimum Gasteiger partial charge on any atom is -0.310 e. The van der Waals surface area contributed by atoms with Gasteiger partial charge in [-0.1, -0.05) is 30.7 Å². The number of nitrogens with one attached hydrogen (secondary N) is 1. The summed E-state index contributed by atoms with van der Waals surface area (Å²) in [6.45, 7) is 9.00. The molecule has 1 aromatic rings. The number of aromatic nitrogens is 1. The van der Waals surface area contributed by atoms with Crippen molar-refractivity contribution >= 4 is 11.6 Å². The number of nitrogens with zero attached hydrogens (tertiary/aromatic N) is 1. The van der Waals surface area contributed by atoms with Gasteiger partial charge in [-0.3, -0.25) is 0 Å². The predicted octanol–water partition coefficient (Wildman–Crippen LogP) is 3.43. The largest absolute Gasteiger partial charge is 0.310 e. The Kier molecular flexibility index (Phi) is 5.50. The summed E-state index contributed by atoms with van der Waals surface area (Å²) in [5, 5.41) is 4.01. The van der Waals surface area contributed by atoms with Crippen LogP contribution in [-0.2, 0) is 6.54 Å². The second-order valence-electron chi connectivity index (χ2n) is 4.16. The molecule has 1 rings (SSSR count). The summed E-state index contributed by atoms with van der Waals surface area (Å²) in [5.74, 6) is 0.595. The van der Waals surface area contributed by atoms with Crippen molar-refractivity contribution in [3.05, 3.63) is 41.7 Å². The molecule has 0 spiro atoms. The average molecular weight is 239 g/mol. The number of rotatable bonds is 6. The van der Waals surface area contributed by atoms with Gasteiger partial charge in [0.15, 0.2) is 0 Å². The lowest BCUT2D eigenvalue weighted by molar-refractivity contribution is 0.402. The van der Waals surface area contributed by atoms with E-state index in [1.807, 2.05) is 18.2 Å². The fourth-order valence-corrected chi connectivity index (χ4v) is 1.57. The lowest BCUT2D eigenvalue weighted by atomic mass is 10.00. The van der Waals surface area contributed by atoms with Crippen molar-refractivity contribution in [1.82, 2.24) is 10.3 Å². The van der Waals surface area contributed by atoms with E-state index in [1.165, 1.54) is 0 Å². The maximum atomic E-state index is 5.72. The fraction of sp³-hybridized carbons (Fsp3) is 0.462. The molecule has 0 aliphatic rings. The van der Waals surface area contributed by atoms with Gasteiger partial charge in [0.25, 0.3) is 0 Å². The third-order valence-corrected chi connectivity index (χ3v) is 3.03. The molecule has 0 saturated heterocycles. The van der Waals surface area contributed by atoms with Crippen molar-refractivity contribution in [2.45, 2.75) is 32.9 Å². The lowest BCUT2D eigenvalue weighted by Crippen LogP contribution is -2.31. The van der Waals surface area contributed by atoms with Crippen LogP contribution in [0.15, 0.2) is 31.0 Å². The van der Waals surface area contributed by atoms with Gasteiger partial charge in [-0.2, -0.15) is 0 Å². The summed E-state index contributed by atoms with van der Waals surface area (Å²) < 4.78 is 0. The topological polar surface area (TPSA) is 24.9 Å². The van der Waals surface area contributed by atoms with Crippen LogP contribution in [0, 0.1) is 5.92 Å². The molecule has 1 heterocycles. The summed E-state index contributed by atoms with van der Waals surface area (Å²) in [6, 6.07) is 4.28. The SMILES string of the molecule is C=CCC(C)C(C)NCc1ccc(Cl)nc1. The molecule has 88 valence electrons. The maximum Gasteiger partial charge on any atom is 0.129 e. The summed E-state index contributed by atoms with van der Waals surface area (Å²) >= 11 is 5.72. The van der Waals surface area contributed by atoms with E-state index in [-0.39, 0.29) is 0 Å². The molecule has 0 aromatic carbocycles. The molecule has 0 aliphatic heterocycles. The smallest absolute Gasteiger partial charge is 0.129 e. The van der Waals surface area contributed by atoms with Crippen molar-refractivity contribution < 1.29 is 0 Å². The van der Waals surface area contributed by atoms with Gasteiger partial charge < -0.3 is 5.32 Å². The number of hydrogen-bond acceptors (Lipinski definition) is 2. The Bertz CT molecular complexity index is 321. The van der Waals surface area contributed by atoms with Crippen LogP contribution in [0.5, 0.6) is 0 Å². The molecular formula is C13H19ClN2. The monoisotopic (exact) mass is 238 g/mol. The second-order valence-corrected chi connectivity index (χ2v) is 4.55. The summed E-state index contributed by atoms with van der Waals surface area (Å²) in [6.07, 6.45) is 4.81. The normalized spacial score (nSPS) is 14.4. The molecular weight excluding hydrogens is 220 g/mol. The van der Waals surface area contributed by atoms with E-state index in [0.717, 1.165) is 18.5 Å². The van der Waals surface area contributed by atoms with Gasteiger partial charge >= 0.3 is 0 Å². The number of pyridine rings is 1. The zero-order valence-corrected chi connectivity index (χ0v) is 10.7. The highest BCUT2D eigenvalue weighted by Crippen LogP contribution is 2.10. The number of hydrogen-bond donors (Lipinski definition) is 1. The van der Waals surface area contributed by atoms with E-state index in [2.05, 4.69) is 30.7 Å². The molecule has 0 aliphatic carbocycles. The van der Waals surface area contributed by atoms with Crippen molar-refractivity contribution in [2.24, 2.45) is 5.92 Å². The molecule has 1 N–H and O–H groups in total. The molecule has 2 atom stereocenters. The van der Waals surface area contributed by atoms with Crippen LogP contribution in [0.2, 0.25) is 5.15 Å². The molecule has 1 aromatic heterocycles. The number of allylic oxidation sites excluding steroid dienone is 1. The minimum absolute atomic E-state index is 0.466. The fourth-order valence-electron chi connectivity index (χ4n) is 1.46. The highest BCUT2D eigenvalue weighted by Gasteiger charge is 2.09. The van der Waals surface area contributed by atoms with E-state index in [9.17, 15) is 0 Å². The molecule has 0 saturated carbocycles. The Morgan fingerprint density at radius 3 is 2.81 bits per heavy atom. The van der Waals surface area contributed by atoms with E-state index in [4.69, 9.17) is 11.6 Å². The zero-order chi connectivity index (χ0) is 12.0. The highest BCUT2D eigenvalue weighted by molar-refractivity contribution is 6.29. The van der Waals surface area contributed by atoms with Gasteiger partial charge in [-0.25, -0.2) is 4.98 Å². The third kappa shape index (κ3) is 4.33. The molecule has 0 radical (unpaired) electrons. The first kappa shape index (κ1) is 13.2. The Labute approximate surface area is 103 Å². The van der Waals surface area contributed by atoms with Gasteiger partial charge in [0, 0.05) is 18.8 Å². The molecule has 0 fully saturated rings. The molecule has 2 nitrogen and oxygen atoms in total. The van der Waals surface area contributed by atoms with Gasteiger partial charge in [-0.15, -0.1) is 6.58 Å². The molecule has 2 unspecified atom stereocenters. The zero-order valence-electron chi connectivity index (χ0n) is 9.91. The van der Waals surface area contributed by atoms with Crippen molar-refractivity contribution in [1.29, 1.82) is 0 Å². The standard InChI is InChI=1S/C13H19ClN2/c1-4-5-10(2)11(3)15-8-12-6-7-13(14)16-9-12/h4,6-7,9-11,15H,1,5,8H2,2-3H3. The van der Waals surface area contributed by atoms with E-state index in [0.29, 0.717) is 17.1 Å². The average Bonchev–Trinajstić information content (AvgIpc) is 2.28.